The van der Waals surface area contributed by atoms with E-state index in [9.17, 15) is 9.59 Å². The quantitative estimate of drug-likeness (QED) is 0.555. The Kier molecular flexibility index (Phi) is 6.39. The Bertz CT molecular complexity index is 1070. The largest absolute Gasteiger partial charge is 0.449 e. The predicted octanol–water partition coefficient (Wildman–Crippen LogP) is 5.31. The summed E-state index contributed by atoms with van der Waals surface area (Å²) in [7, 11) is 0. The van der Waals surface area contributed by atoms with Gasteiger partial charge in [-0.3, -0.25) is 5.32 Å². The number of hydrogen-bond acceptors (Lipinski definition) is 7. The number of nitrogens with one attached hydrogen (secondary N) is 1. The molecule has 0 aliphatic rings. The number of ether oxygens (including phenoxy) is 2. The van der Waals surface area contributed by atoms with Crippen molar-refractivity contribution >= 4 is 17.7 Å². The van der Waals surface area contributed by atoms with Crippen LogP contribution < -0.4 is 5.32 Å². The molecule has 3 rings (SSSR count). The molecule has 0 spiro atoms. The Morgan fingerprint density at radius 2 is 1.77 bits per heavy atom. The molecule has 0 fully saturated rings. The number of amides is 1. The van der Waals surface area contributed by atoms with Crippen LogP contribution in [0.4, 0.5) is 10.5 Å². The minimum atomic E-state index is -0.748. The van der Waals surface area contributed by atoms with Gasteiger partial charge < -0.3 is 13.9 Å². The molecule has 1 atom stereocenters. The molecule has 3 aromatic rings. The summed E-state index contributed by atoms with van der Waals surface area (Å²) < 4.78 is 16.3. The van der Waals surface area contributed by atoms with E-state index in [1.54, 1.807) is 45.9 Å². The van der Waals surface area contributed by atoms with Crippen LogP contribution in [0, 0.1) is 6.92 Å². The number of nitrogens with zero attached hydrogens (tertiary/aromatic N) is 2. The highest BCUT2D eigenvalue weighted by Crippen LogP contribution is 2.24. The van der Waals surface area contributed by atoms with Gasteiger partial charge in [-0.2, -0.15) is 0 Å². The number of rotatable bonds is 5. The van der Waals surface area contributed by atoms with Gasteiger partial charge in [0.25, 0.3) is 5.89 Å². The molecule has 1 aromatic heterocycles. The number of hydrogen-bond donors (Lipinski definition) is 1. The number of carbonyl (C=O) groups is 2. The Morgan fingerprint density at radius 1 is 1.06 bits per heavy atom. The van der Waals surface area contributed by atoms with Crippen LogP contribution in [0.2, 0.25) is 0 Å². The molecule has 2 aromatic carbocycles. The molecule has 162 valence electrons. The van der Waals surface area contributed by atoms with Crippen molar-refractivity contribution in [1.29, 1.82) is 0 Å². The summed E-state index contributed by atoms with van der Waals surface area (Å²) >= 11 is 0. The smallest absolute Gasteiger partial charge is 0.412 e. The second-order valence-electron chi connectivity index (χ2n) is 8.07. The van der Waals surface area contributed by atoms with Gasteiger partial charge in [-0.05, 0) is 65.0 Å². The SMILES string of the molecule is Cc1ccc(-c2nnc([C@@H](C)OC(=O)c3cccc(NC(=O)OC(C)(C)C)c3)o2)cc1. The van der Waals surface area contributed by atoms with E-state index in [0.29, 0.717) is 11.6 Å². The van der Waals surface area contributed by atoms with Gasteiger partial charge in [0.05, 0.1) is 5.56 Å². The van der Waals surface area contributed by atoms with Gasteiger partial charge in [0.1, 0.15) is 5.60 Å². The van der Waals surface area contributed by atoms with Crippen LogP contribution in [0.15, 0.2) is 52.9 Å². The number of benzene rings is 2. The summed E-state index contributed by atoms with van der Waals surface area (Å²) in [4.78, 5) is 24.5. The van der Waals surface area contributed by atoms with Crippen molar-refractivity contribution < 1.29 is 23.5 Å². The Morgan fingerprint density at radius 3 is 2.45 bits per heavy atom. The lowest BCUT2D eigenvalue weighted by molar-refractivity contribution is 0.0279. The summed E-state index contributed by atoms with van der Waals surface area (Å²) in [6.07, 6.45) is -1.36. The maximum atomic E-state index is 12.6. The monoisotopic (exact) mass is 423 g/mol. The Balaban J connectivity index is 1.65. The molecule has 8 nitrogen and oxygen atoms in total. The highest BCUT2D eigenvalue weighted by molar-refractivity contribution is 5.92. The first-order valence-electron chi connectivity index (χ1n) is 9.82. The Labute approximate surface area is 180 Å². The van der Waals surface area contributed by atoms with Gasteiger partial charge in [0.2, 0.25) is 5.89 Å². The number of carbonyl (C=O) groups excluding carboxylic acids is 2. The number of aryl methyl sites for hydroxylation is 1. The minimum absolute atomic E-state index is 0.187. The van der Waals surface area contributed by atoms with Crippen LogP contribution in [-0.4, -0.2) is 27.9 Å². The molecule has 0 radical (unpaired) electrons. The van der Waals surface area contributed by atoms with E-state index in [0.717, 1.165) is 11.1 Å². The van der Waals surface area contributed by atoms with E-state index < -0.39 is 23.8 Å². The summed E-state index contributed by atoms with van der Waals surface area (Å²) in [5, 5.41) is 10.6. The average Bonchev–Trinajstić information content (AvgIpc) is 3.17. The zero-order valence-corrected chi connectivity index (χ0v) is 18.1. The van der Waals surface area contributed by atoms with Crippen LogP contribution in [0.5, 0.6) is 0 Å². The van der Waals surface area contributed by atoms with Crippen LogP contribution in [0.1, 0.15) is 55.6 Å². The second kappa shape index (κ2) is 8.99. The topological polar surface area (TPSA) is 104 Å². The van der Waals surface area contributed by atoms with E-state index in [-0.39, 0.29) is 11.5 Å². The van der Waals surface area contributed by atoms with Crippen molar-refractivity contribution in [3.05, 3.63) is 65.5 Å². The first-order chi connectivity index (χ1) is 14.6. The lowest BCUT2D eigenvalue weighted by atomic mass is 10.1. The first kappa shape index (κ1) is 22.0. The molecule has 31 heavy (non-hydrogen) atoms. The standard InChI is InChI=1S/C23H25N3O5/c1-14-9-11-16(12-10-14)20-26-25-19(30-20)15(2)29-21(27)17-7-6-8-18(13-17)24-22(28)31-23(3,4)5/h6-13,15H,1-5H3,(H,24,28)/t15-/m1/s1. The average molecular weight is 423 g/mol. The lowest BCUT2D eigenvalue weighted by Crippen LogP contribution is -2.27. The van der Waals surface area contributed by atoms with E-state index in [4.69, 9.17) is 13.9 Å². The molecular weight excluding hydrogens is 398 g/mol. The van der Waals surface area contributed by atoms with Crippen molar-refractivity contribution in [1.82, 2.24) is 10.2 Å². The van der Waals surface area contributed by atoms with Crippen LogP contribution in [0.3, 0.4) is 0 Å². The third kappa shape index (κ3) is 6.15. The van der Waals surface area contributed by atoms with E-state index in [1.165, 1.54) is 6.07 Å². The minimum Gasteiger partial charge on any atom is -0.449 e. The fraction of sp³-hybridized carbons (Fsp3) is 0.304. The zero-order chi connectivity index (χ0) is 22.6. The van der Waals surface area contributed by atoms with Crippen molar-refractivity contribution in [2.75, 3.05) is 5.32 Å². The third-order valence-electron chi connectivity index (χ3n) is 4.11. The fourth-order valence-electron chi connectivity index (χ4n) is 2.64. The lowest BCUT2D eigenvalue weighted by Gasteiger charge is -2.19. The molecule has 8 heteroatoms. The maximum absolute atomic E-state index is 12.6. The van der Waals surface area contributed by atoms with E-state index in [1.807, 2.05) is 31.2 Å². The Hall–Kier alpha value is -3.68. The molecule has 0 aliphatic carbocycles. The van der Waals surface area contributed by atoms with Gasteiger partial charge in [0, 0.05) is 11.3 Å². The van der Waals surface area contributed by atoms with E-state index >= 15 is 0 Å². The predicted molar refractivity (Wildman–Crippen MR) is 115 cm³/mol. The molecule has 1 amide bonds. The van der Waals surface area contributed by atoms with Crippen molar-refractivity contribution in [3.8, 4) is 11.5 Å². The van der Waals surface area contributed by atoms with Crippen LogP contribution in [-0.2, 0) is 9.47 Å². The highest BCUT2D eigenvalue weighted by Gasteiger charge is 2.21. The van der Waals surface area contributed by atoms with E-state index in [2.05, 4.69) is 15.5 Å². The van der Waals surface area contributed by atoms with Gasteiger partial charge in [-0.15, -0.1) is 10.2 Å². The molecule has 0 aliphatic heterocycles. The van der Waals surface area contributed by atoms with Gasteiger partial charge in [-0.25, -0.2) is 9.59 Å². The molecule has 1 N–H and O–H groups in total. The van der Waals surface area contributed by atoms with Crippen LogP contribution in [0.25, 0.3) is 11.5 Å². The first-order valence-corrected chi connectivity index (χ1v) is 9.82. The number of esters is 1. The molecule has 0 unspecified atom stereocenters. The summed E-state index contributed by atoms with van der Waals surface area (Å²) in [6.45, 7) is 8.94. The molecular formula is C23H25N3O5. The zero-order valence-electron chi connectivity index (χ0n) is 18.1. The number of aromatic nitrogens is 2. The molecule has 0 saturated heterocycles. The van der Waals surface area contributed by atoms with Crippen molar-refractivity contribution in [2.45, 2.75) is 46.3 Å². The molecule has 0 bridgehead atoms. The fourth-order valence-corrected chi connectivity index (χ4v) is 2.64. The van der Waals surface area contributed by atoms with Gasteiger partial charge >= 0.3 is 12.1 Å². The highest BCUT2D eigenvalue weighted by atomic mass is 16.6. The van der Waals surface area contributed by atoms with Crippen LogP contribution >= 0.6 is 0 Å². The van der Waals surface area contributed by atoms with Gasteiger partial charge in [0.15, 0.2) is 6.10 Å². The second-order valence-corrected chi connectivity index (χ2v) is 8.07. The third-order valence-corrected chi connectivity index (χ3v) is 4.11. The van der Waals surface area contributed by atoms with Crippen molar-refractivity contribution in [3.63, 3.8) is 0 Å². The summed E-state index contributed by atoms with van der Waals surface area (Å²) in [6, 6.07) is 14.0. The normalized spacial score (nSPS) is 12.2. The summed E-state index contributed by atoms with van der Waals surface area (Å²) in [5.41, 5.74) is 1.95. The summed E-state index contributed by atoms with van der Waals surface area (Å²) in [5.74, 6) is -0.0520. The molecule has 0 saturated carbocycles. The number of anilines is 1. The van der Waals surface area contributed by atoms with Crippen molar-refractivity contribution in [2.24, 2.45) is 0 Å². The van der Waals surface area contributed by atoms with Gasteiger partial charge in [-0.1, -0.05) is 23.8 Å². The molecule has 1 heterocycles. The maximum Gasteiger partial charge on any atom is 0.412 e.